The van der Waals surface area contributed by atoms with E-state index in [-0.39, 0.29) is 12.4 Å². The monoisotopic (exact) mass is 487 g/mol. The Kier molecular flexibility index (Phi) is 9.77. The van der Waals surface area contributed by atoms with E-state index in [0.29, 0.717) is 31.5 Å². The van der Waals surface area contributed by atoms with Crippen molar-refractivity contribution in [1.29, 1.82) is 0 Å². The minimum absolute atomic E-state index is 0.0890. The number of rotatable bonds is 13. The smallest absolute Gasteiger partial charge is 0.227 e. The highest BCUT2D eigenvalue weighted by Gasteiger charge is 2.23. The van der Waals surface area contributed by atoms with Crippen LogP contribution in [0.15, 0.2) is 48.5 Å². The van der Waals surface area contributed by atoms with Gasteiger partial charge in [-0.25, -0.2) is 13.5 Å². The van der Waals surface area contributed by atoms with Crippen LogP contribution in [0.4, 0.5) is 8.78 Å². The number of nitrogens with zero attached hydrogens (tertiary/aromatic N) is 3. The first-order chi connectivity index (χ1) is 16.8. The van der Waals surface area contributed by atoms with Gasteiger partial charge in [-0.15, -0.1) is 0 Å². The number of para-hydroxylation sites is 1. The molecule has 2 aromatic carbocycles. The van der Waals surface area contributed by atoms with Gasteiger partial charge in [-0.3, -0.25) is 4.90 Å². The Bertz CT molecular complexity index is 1070. The van der Waals surface area contributed by atoms with Crippen LogP contribution in [-0.4, -0.2) is 52.2 Å². The fraction of sp³-hybridized carbons (Fsp3) is 0.444. The molecule has 0 amide bonds. The molecule has 0 spiro atoms. The van der Waals surface area contributed by atoms with Crippen molar-refractivity contribution in [3.05, 3.63) is 71.4 Å². The third kappa shape index (κ3) is 7.59. The maximum absolute atomic E-state index is 14.5. The van der Waals surface area contributed by atoms with Crippen LogP contribution >= 0.6 is 0 Å². The molecule has 0 aliphatic carbocycles. The summed E-state index contributed by atoms with van der Waals surface area (Å²) in [5, 5.41) is 15.2. The Hall–Kier alpha value is -2.81. The van der Waals surface area contributed by atoms with Crippen LogP contribution < -0.4 is 4.74 Å². The second kappa shape index (κ2) is 12.8. The largest absolute Gasteiger partial charge is 0.435 e. The van der Waals surface area contributed by atoms with Crippen molar-refractivity contribution in [2.45, 2.75) is 46.8 Å². The summed E-state index contributed by atoms with van der Waals surface area (Å²) in [6.07, 6.45) is 0.234. The first-order valence-corrected chi connectivity index (χ1v) is 12.0. The quantitative estimate of drug-likeness (QED) is 0.345. The minimum Gasteiger partial charge on any atom is -0.435 e. The number of benzene rings is 2. The fourth-order valence-electron chi connectivity index (χ4n) is 3.80. The van der Waals surface area contributed by atoms with Crippen LogP contribution in [-0.2, 0) is 11.3 Å². The first kappa shape index (κ1) is 26.8. The predicted molar refractivity (Wildman–Crippen MR) is 132 cm³/mol. The van der Waals surface area contributed by atoms with E-state index in [1.165, 1.54) is 6.07 Å². The van der Waals surface area contributed by atoms with E-state index in [4.69, 9.17) is 9.47 Å². The molecule has 1 atom stereocenters. The van der Waals surface area contributed by atoms with E-state index in [1.54, 1.807) is 4.68 Å². The van der Waals surface area contributed by atoms with Crippen molar-refractivity contribution in [3.63, 3.8) is 0 Å². The number of hydrogen-bond donors (Lipinski definition) is 1. The molecule has 6 nitrogen and oxygen atoms in total. The molecule has 35 heavy (non-hydrogen) atoms. The Morgan fingerprint density at radius 1 is 1.09 bits per heavy atom. The van der Waals surface area contributed by atoms with Gasteiger partial charge >= 0.3 is 0 Å². The molecule has 0 saturated heterocycles. The fourth-order valence-corrected chi connectivity index (χ4v) is 3.80. The van der Waals surface area contributed by atoms with Gasteiger partial charge in [-0.2, -0.15) is 5.10 Å². The van der Waals surface area contributed by atoms with Crippen molar-refractivity contribution in [2.75, 3.05) is 26.3 Å². The molecule has 190 valence electrons. The topological polar surface area (TPSA) is 59.8 Å². The lowest BCUT2D eigenvalue weighted by atomic mass is 10.2. The van der Waals surface area contributed by atoms with Crippen LogP contribution in [0.1, 0.15) is 38.4 Å². The Labute approximate surface area is 206 Å². The maximum Gasteiger partial charge on any atom is 0.227 e. The second-order valence-corrected chi connectivity index (χ2v) is 9.11. The number of aryl methyl sites for hydroxylation is 1. The second-order valence-electron chi connectivity index (χ2n) is 9.11. The SMILES string of the molecule is CCCN(Cc1c(C)nn(-c2ccccc2)c1Oc1ccc(F)cc1F)C[C@H](O)COCC(C)C. The zero-order valence-electron chi connectivity index (χ0n) is 20.9. The summed E-state index contributed by atoms with van der Waals surface area (Å²) in [6, 6.07) is 12.6. The number of aliphatic hydroxyl groups is 1. The Morgan fingerprint density at radius 2 is 1.83 bits per heavy atom. The van der Waals surface area contributed by atoms with Crippen LogP contribution in [0.3, 0.4) is 0 Å². The molecule has 3 rings (SSSR count). The summed E-state index contributed by atoms with van der Waals surface area (Å²) in [5.74, 6) is -0.810. The van der Waals surface area contributed by atoms with Gasteiger partial charge in [0.25, 0.3) is 0 Å². The molecule has 1 aromatic heterocycles. The van der Waals surface area contributed by atoms with Crippen LogP contribution in [0.5, 0.6) is 11.6 Å². The van der Waals surface area contributed by atoms with Crippen molar-refractivity contribution >= 4 is 0 Å². The average Bonchev–Trinajstić information content (AvgIpc) is 3.11. The van der Waals surface area contributed by atoms with Gasteiger partial charge < -0.3 is 14.6 Å². The van der Waals surface area contributed by atoms with E-state index < -0.39 is 17.7 Å². The lowest BCUT2D eigenvalue weighted by Crippen LogP contribution is -2.35. The van der Waals surface area contributed by atoms with Gasteiger partial charge in [0.1, 0.15) is 5.82 Å². The summed E-state index contributed by atoms with van der Waals surface area (Å²) >= 11 is 0. The molecule has 1 heterocycles. The highest BCUT2D eigenvalue weighted by molar-refractivity contribution is 5.43. The summed E-state index contributed by atoms with van der Waals surface area (Å²) in [4.78, 5) is 2.11. The molecule has 0 radical (unpaired) electrons. The summed E-state index contributed by atoms with van der Waals surface area (Å²) in [5.41, 5.74) is 2.24. The van der Waals surface area contributed by atoms with E-state index >= 15 is 0 Å². The minimum atomic E-state index is -0.794. The van der Waals surface area contributed by atoms with Gasteiger partial charge in [-0.1, -0.05) is 39.0 Å². The lowest BCUT2D eigenvalue weighted by molar-refractivity contribution is 0.00681. The molecular formula is C27H35F2N3O3. The zero-order chi connectivity index (χ0) is 25.4. The molecule has 8 heteroatoms. The molecule has 0 fully saturated rings. The van der Waals surface area contributed by atoms with E-state index in [1.807, 2.05) is 37.3 Å². The first-order valence-electron chi connectivity index (χ1n) is 12.0. The van der Waals surface area contributed by atoms with Crippen LogP contribution in [0.25, 0.3) is 5.69 Å². The van der Waals surface area contributed by atoms with E-state index in [2.05, 4.69) is 30.8 Å². The number of aromatic nitrogens is 2. The van der Waals surface area contributed by atoms with Gasteiger partial charge in [0, 0.05) is 25.8 Å². The van der Waals surface area contributed by atoms with Crippen molar-refractivity contribution < 1.29 is 23.4 Å². The summed E-state index contributed by atoms with van der Waals surface area (Å²) in [7, 11) is 0. The van der Waals surface area contributed by atoms with Crippen molar-refractivity contribution in [3.8, 4) is 17.3 Å². The van der Waals surface area contributed by atoms with E-state index in [0.717, 1.165) is 42.0 Å². The predicted octanol–water partition coefficient (Wildman–Crippen LogP) is 5.50. The van der Waals surface area contributed by atoms with Crippen LogP contribution in [0, 0.1) is 24.5 Å². The highest BCUT2D eigenvalue weighted by atomic mass is 19.1. The average molecular weight is 488 g/mol. The molecule has 1 N–H and O–H groups in total. The van der Waals surface area contributed by atoms with Gasteiger partial charge in [0.2, 0.25) is 5.88 Å². The molecule has 0 unspecified atom stereocenters. The summed E-state index contributed by atoms with van der Waals surface area (Å²) in [6.45, 7) is 10.5. The molecule has 0 aliphatic heterocycles. The van der Waals surface area contributed by atoms with Crippen LogP contribution in [0.2, 0.25) is 0 Å². The number of aliphatic hydroxyl groups excluding tert-OH is 1. The third-order valence-electron chi connectivity index (χ3n) is 5.39. The van der Waals surface area contributed by atoms with Gasteiger partial charge in [-0.05, 0) is 50.1 Å². The molecular weight excluding hydrogens is 452 g/mol. The molecule has 0 saturated carbocycles. The Balaban J connectivity index is 1.91. The van der Waals surface area contributed by atoms with E-state index in [9.17, 15) is 13.9 Å². The number of halogens is 2. The van der Waals surface area contributed by atoms with Crippen molar-refractivity contribution in [1.82, 2.24) is 14.7 Å². The van der Waals surface area contributed by atoms with Gasteiger partial charge in [0.05, 0.1) is 29.7 Å². The normalized spacial score (nSPS) is 12.5. The standard InChI is InChI=1S/C27H35F2N3O3/c1-5-13-31(15-23(33)18-34-17-19(2)3)16-24-20(4)30-32(22-9-7-6-8-10-22)27(24)35-26-12-11-21(28)14-25(26)29/h6-12,14,19,23,33H,5,13,15-18H2,1-4H3/t23-/m0/s1. The molecule has 0 aliphatic rings. The number of hydrogen-bond acceptors (Lipinski definition) is 5. The highest BCUT2D eigenvalue weighted by Crippen LogP contribution is 2.33. The zero-order valence-corrected chi connectivity index (χ0v) is 20.9. The van der Waals surface area contributed by atoms with Crippen molar-refractivity contribution in [2.24, 2.45) is 5.92 Å². The van der Waals surface area contributed by atoms with Gasteiger partial charge in [0.15, 0.2) is 11.6 Å². The number of ether oxygens (including phenoxy) is 2. The lowest BCUT2D eigenvalue weighted by Gasteiger charge is -2.25. The maximum atomic E-state index is 14.5. The Morgan fingerprint density at radius 3 is 2.49 bits per heavy atom. The third-order valence-corrected chi connectivity index (χ3v) is 5.39. The molecule has 0 bridgehead atoms. The summed E-state index contributed by atoms with van der Waals surface area (Å²) < 4.78 is 41.2. The molecule has 3 aromatic rings.